The van der Waals surface area contributed by atoms with Crippen LogP contribution in [0.4, 0.5) is 0 Å². The summed E-state index contributed by atoms with van der Waals surface area (Å²) < 4.78 is 0. The van der Waals surface area contributed by atoms with Gasteiger partial charge < -0.3 is 0 Å². The molecular formula is C18H31NO. The SMILES string of the molecule is CC(C)(C)C(=O)C1C2C3CCC(C3)C2CN1C(C)(C)C. The zero-order chi connectivity index (χ0) is 14.9. The maximum Gasteiger partial charge on any atom is 0.155 e. The monoisotopic (exact) mass is 277 g/mol. The lowest BCUT2D eigenvalue weighted by atomic mass is 9.73. The van der Waals surface area contributed by atoms with Crippen molar-refractivity contribution in [3.05, 3.63) is 0 Å². The first-order valence-electron chi connectivity index (χ1n) is 8.42. The van der Waals surface area contributed by atoms with E-state index in [4.69, 9.17) is 0 Å². The standard InChI is InChI=1S/C18H31NO/c1-17(2,3)16(20)15-14-12-8-7-11(9-12)13(14)10-19(15)18(4,5)6/h11-15H,7-10H2,1-6H3. The van der Waals surface area contributed by atoms with Crippen molar-refractivity contribution in [2.24, 2.45) is 29.1 Å². The fourth-order valence-corrected chi connectivity index (χ4v) is 5.22. The van der Waals surface area contributed by atoms with Crippen molar-refractivity contribution in [3.8, 4) is 0 Å². The van der Waals surface area contributed by atoms with Gasteiger partial charge >= 0.3 is 0 Å². The number of Topliss-reactive ketones (excluding diaryl/α,β-unsaturated/α-hetero) is 1. The van der Waals surface area contributed by atoms with Gasteiger partial charge in [-0.1, -0.05) is 20.8 Å². The highest BCUT2D eigenvalue weighted by Gasteiger charge is 2.60. The summed E-state index contributed by atoms with van der Waals surface area (Å²) in [6, 6.07) is 0.176. The Morgan fingerprint density at radius 1 is 1.00 bits per heavy atom. The topological polar surface area (TPSA) is 20.3 Å². The molecule has 1 saturated heterocycles. The largest absolute Gasteiger partial charge is 0.297 e. The molecule has 0 amide bonds. The van der Waals surface area contributed by atoms with Gasteiger partial charge in [-0.15, -0.1) is 0 Å². The number of carbonyl (C=O) groups is 1. The summed E-state index contributed by atoms with van der Waals surface area (Å²) in [7, 11) is 0. The van der Waals surface area contributed by atoms with Crippen LogP contribution in [0.1, 0.15) is 60.8 Å². The van der Waals surface area contributed by atoms with Gasteiger partial charge in [0.2, 0.25) is 0 Å². The van der Waals surface area contributed by atoms with Crippen molar-refractivity contribution in [2.45, 2.75) is 72.4 Å². The zero-order valence-electron chi connectivity index (χ0n) is 14.1. The first kappa shape index (κ1) is 14.6. The molecule has 5 atom stereocenters. The molecule has 114 valence electrons. The Morgan fingerprint density at radius 3 is 2.15 bits per heavy atom. The van der Waals surface area contributed by atoms with Crippen LogP contribution in [-0.2, 0) is 4.79 Å². The molecule has 20 heavy (non-hydrogen) atoms. The Labute approximate surface area is 124 Å². The van der Waals surface area contributed by atoms with E-state index in [0.717, 1.165) is 24.3 Å². The number of fused-ring (bicyclic) bond motifs is 5. The summed E-state index contributed by atoms with van der Waals surface area (Å²) in [5.74, 6) is 3.66. The van der Waals surface area contributed by atoms with Crippen molar-refractivity contribution in [2.75, 3.05) is 6.54 Å². The Morgan fingerprint density at radius 2 is 1.60 bits per heavy atom. The molecule has 1 aliphatic heterocycles. The number of hydrogen-bond donors (Lipinski definition) is 0. The van der Waals surface area contributed by atoms with Crippen LogP contribution in [0.3, 0.4) is 0 Å². The predicted octanol–water partition coefficient (Wildman–Crippen LogP) is 3.75. The normalized spacial score (nSPS) is 41.2. The van der Waals surface area contributed by atoms with Crippen LogP contribution in [0.5, 0.6) is 0 Å². The van der Waals surface area contributed by atoms with Crippen LogP contribution in [0.15, 0.2) is 0 Å². The highest BCUT2D eigenvalue weighted by atomic mass is 16.1. The van der Waals surface area contributed by atoms with Gasteiger partial charge in [0.1, 0.15) is 0 Å². The summed E-state index contributed by atoms with van der Waals surface area (Å²) in [6.45, 7) is 14.3. The van der Waals surface area contributed by atoms with E-state index in [9.17, 15) is 4.79 Å². The summed E-state index contributed by atoms with van der Waals surface area (Å²) in [5.41, 5.74) is -0.111. The van der Waals surface area contributed by atoms with Gasteiger partial charge in [-0.05, 0) is 63.7 Å². The Balaban J connectivity index is 1.95. The lowest BCUT2D eigenvalue weighted by Gasteiger charge is -2.41. The van der Waals surface area contributed by atoms with E-state index >= 15 is 0 Å². The average Bonchev–Trinajstić information content (AvgIpc) is 2.96. The third-order valence-corrected chi connectivity index (χ3v) is 6.14. The highest BCUT2D eigenvalue weighted by molar-refractivity contribution is 5.89. The summed E-state index contributed by atoms with van der Waals surface area (Å²) in [4.78, 5) is 15.6. The number of ketones is 1. The lowest BCUT2D eigenvalue weighted by Crippen LogP contribution is -2.53. The van der Waals surface area contributed by atoms with E-state index in [2.05, 4.69) is 46.4 Å². The maximum atomic E-state index is 13.1. The quantitative estimate of drug-likeness (QED) is 0.727. The summed E-state index contributed by atoms with van der Waals surface area (Å²) in [6.07, 6.45) is 4.19. The zero-order valence-corrected chi connectivity index (χ0v) is 14.1. The molecule has 0 aromatic carbocycles. The Hall–Kier alpha value is -0.370. The Bertz CT molecular complexity index is 412. The van der Waals surface area contributed by atoms with E-state index in [-0.39, 0.29) is 17.0 Å². The molecule has 2 saturated carbocycles. The molecule has 2 bridgehead atoms. The van der Waals surface area contributed by atoms with Crippen LogP contribution in [0.25, 0.3) is 0 Å². The molecule has 5 unspecified atom stereocenters. The first-order valence-corrected chi connectivity index (χ1v) is 8.42. The molecule has 0 N–H and O–H groups in total. The fourth-order valence-electron chi connectivity index (χ4n) is 5.22. The molecule has 3 rings (SSSR count). The van der Waals surface area contributed by atoms with E-state index < -0.39 is 0 Å². The van der Waals surface area contributed by atoms with E-state index in [1.54, 1.807) is 0 Å². The molecule has 1 heterocycles. The van der Waals surface area contributed by atoms with Crippen molar-refractivity contribution >= 4 is 5.78 Å². The maximum absolute atomic E-state index is 13.1. The molecular weight excluding hydrogens is 246 g/mol. The predicted molar refractivity (Wildman–Crippen MR) is 82.5 cm³/mol. The number of hydrogen-bond acceptors (Lipinski definition) is 2. The molecule has 3 aliphatic rings. The second-order valence-corrected chi connectivity index (χ2v) is 9.46. The van der Waals surface area contributed by atoms with Crippen LogP contribution in [0, 0.1) is 29.1 Å². The highest BCUT2D eigenvalue weighted by Crippen LogP contribution is 2.59. The molecule has 2 aliphatic carbocycles. The molecule has 2 heteroatoms. The van der Waals surface area contributed by atoms with Gasteiger partial charge in [-0.2, -0.15) is 0 Å². The van der Waals surface area contributed by atoms with Gasteiger partial charge in [0.25, 0.3) is 0 Å². The minimum absolute atomic E-state index is 0.107. The number of likely N-dealkylation sites (tertiary alicyclic amines) is 1. The summed E-state index contributed by atoms with van der Waals surface area (Å²) in [5, 5.41) is 0. The number of rotatable bonds is 1. The minimum Gasteiger partial charge on any atom is -0.297 e. The molecule has 0 aromatic heterocycles. The summed E-state index contributed by atoms with van der Waals surface area (Å²) >= 11 is 0. The van der Waals surface area contributed by atoms with Gasteiger partial charge in [0.05, 0.1) is 6.04 Å². The van der Waals surface area contributed by atoms with Crippen LogP contribution >= 0.6 is 0 Å². The first-order chi connectivity index (χ1) is 9.10. The van der Waals surface area contributed by atoms with Gasteiger partial charge in [-0.3, -0.25) is 9.69 Å². The number of nitrogens with zero attached hydrogens (tertiary/aromatic N) is 1. The second kappa shape index (κ2) is 4.32. The minimum atomic E-state index is -0.217. The molecule has 0 aromatic rings. The van der Waals surface area contributed by atoms with E-state index in [1.165, 1.54) is 19.3 Å². The number of carbonyl (C=O) groups excluding carboxylic acids is 1. The van der Waals surface area contributed by atoms with Gasteiger partial charge in [0.15, 0.2) is 5.78 Å². The van der Waals surface area contributed by atoms with Crippen LogP contribution in [-0.4, -0.2) is 28.8 Å². The van der Waals surface area contributed by atoms with Gasteiger partial charge in [0, 0.05) is 17.5 Å². The average molecular weight is 277 g/mol. The molecule has 3 fully saturated rings. The lowest BCUT2D eigenvalue weighted by molar-refractivity contribution is -0.134. The van der Waals surface area contributed by atoms with Gasteiger partial charge in [-0.25, -0.2) is 0 Å². The van der Waals surface area contributed by atoms with Crippen molar-refractivity contribution in [3.63, 3.8) is 0 Å². The second-order valence-electron chi connectivity index (χ2n) is 9.46. The van der Waals surface area contributed by atoms with Crippen molar-refractivity contribution in [1.82, 2.24) is 4.90 Å². The van der Waals surface area contributed by atoms with E-state index in [0.29, 0.717) is 11.7 Å². The molecule has 2 nitrogen and oxygen atoms in total. The fraction of sp³-hybridized carbons (Fsp3) is 0.944. The molecule has 0 radical (unpaired) electrons. The van der Waals surface area contributed by atoms with E-state index in [1.807, 2.05) is 0 Å². The van der Waals surface area contributed by atoms with Crippen LogP contribution in [0.2, 0.25) is 0 Å². The van der Waals surface area contributed by atoms with Crippen molar-refractivity contribution in [1.29, 1.82) is 0 Å². The molecule has 0 spiro atoms. The third-order valence-electron chi connectivity index (χ3n) is 6.14. The van der Waals surface area contributed by atoms with Crippen molar-refractivity contribution < 1.29 is 4.79 Å². The van der Waals surface area contributed by atoms with Crippen LogP contribution < -0.4 is 0 Å². The Kier molecular flexibility index (Phi) is 3.14. The smallest absolute Gasteiger partial charge is 0.155 e. The third kappa shape index (κ3) is 2.06.